The smallest absolute Gasteiger partial charge is 0.307 e. The number of amides is 3. The van der Waals surface area contributed by atoms with Gasteiger partial charge in [-0.05, 0) is 37.3 Å². The Hall–Kier alpha value is -3.01. The number of anilines is 3. The second-order valence-corrected chi connectivity index (χ2v) is 10.9. The molecule has 2 N–H and O–H groups in total. The number of urea groups is 1. The number of rotatable bonds is 5. The van der Waals surface area contributed by atoms with E-state index in [9.17, 15) is 9.59 Å². The molecule has 2 unspecified atom stereocenters. The van der Waals surface area contributed by atoms with E-state index < -0.39 is 0 Å². The van der Waals surface area contributed by atoms with Gasteiger partial charge in [-0.25, -0.2) is 9.78 Å². The van der Waals surface area contributed by atoms with Crippen LogP contribution < -0.4 is 15.5 Å². The van der Waals surface area contributed by atoms with Gasteiger partial charge in [-0.1, -0.05) is 42.5 Å². The molecule has 0 saturated heterocycles. The minimum Gasteiger partial charge on any atom is -0.307 e. The first kappa shape index (κ1) is 22.8. The summed E-state index contributed by atoms with van der Waals surface area (Å²) in [6.45, 7) is 1.89. The van der Waals surface area contributed by atoms with Gasteiger partial charge in [-0.3, -0.25) is 9.69 Å². The Balaban J connectivity index is 1.27. The predicted molar refractivity (Wildman–Crippen MR) is 142 cm³/mol. The summed E-state index contributed by atoms with van der Waals surface area (Å²) in [5.41, 5.74) is 2.48. The van der Waals surface area contributed by atoms with Crippen LogP contribution in [0, 0.1) is 6.92 Å². The number of hydrogen-bond acceptors (Lipinski definition) is 6. The monoisotopic (exact) mass is 506 g/mol. The van der Waals surface area contributed by atoms with Crippen LogP contribution in [0.2, 0.25) is 0 Å². The average molecular weight is 507 g/mol. The van der Waals surface area contributed by atoms with E-state index >= 15 is 0 Å². The van der Waals surface area contributed by atoms with Crippen molar-refractivity contribution in [3.05, 3.63) is 83.9 Å². The highest BCUT2D eigenvalue weighted by Crippen LogP contribution is 2.43. The van der Waals surface area contributed by atoms with Gasteiger partial charge < -0.3 is 10.6 Å². The van der Waals surface area contributed by atoms with Crippen LogP contribution in [-0.2, 0) is 4.79 Å². The van der Waals surface area contributed by atoms with Crippen molar-refractivity contribution >= 4 is 63.3 Å². The molecule has 1 aromatic heterocycles. The predicted octanol–water partition coefficient (Wildman–Crippen LogP) is 6.19. The van der Waals surface area contributed by atoms with Crippen LogP contribution in [0.4, 0.5) is 21.3 Å². The molecule has 2 aliphatic rings. The summed E-state index contributed by atoms with van der Waals surface area (Å²) in [5.74, 6) is 0.146. The van der Waals surface area contributed by atoms with Crippen molar-refractivity contribution < 1.29 is 9.59 Å². The number of benzene rings is 2. The maximum atomic E-state index is 13.4. The third-order valence-corrected chi connectivity index (χ3v) is 8.46. The molecule has 1 aliphatic carbocycles. The Kier molecular flexibility index (Phi) is 6.75. The summed E-state index contributed by atoms with van der Waals surface area (Å²) in [6.07, 6.45) is 8.24. The SMILES string of the molecule is Cc1csc(NC(=O)CSc2cccc(NC(=O)N3c4ccccc4SC4C=CC=CC43)c2)n1. The maximum absolute atomic E-state index is 13.4. The van der Waals surface area contributed by atoms with Crippen molar-refractivity contribution in [2.24, 2.45) is 0 Å². The Morgan fingerprint density at radius 1 is 1.09 bits per heavy atom. The number of para-hydroxylation sites is 1. The fraction of sp³-hybridized carbons (Fsp3) is 0.160. The molecule has 2 atom stereocenters. The first-order chi connectivity index (χ1) is 16.6. The molecule has 0 radical (unpaired) electrons. The number of allylic oxidation sites excluding steroid dienone is 2. The lowest BCUT2D eigenvalue weighted by atomic mass is 10.1. The van der Waals surface area contributed by atoms with Gasteiger partial charge in [0.15, 0.2) is 5.13 Å². The van der Waals surface area contributed by atoms with Crippen LogP contribution in [0.3, 0.4) is 0 Å². The van der Waals surface area contributed by atoms with Crippen LogP contribution in [0.1, 0.15) is 5.69 Å². The van der Waals surface area contributed by atoms with Gasteiger partial charge >= 0.3 is 6.03 Å². The third kappa shape index (κ3) is 5.06. The number of hydrogen-bond donors (Lipinski definition) is 2. The summed E-state index contributed by atoms with van der Waals surface area (Å²) < 4.78 is 0. The molecule has 9 heteroatoms. The van der Waals surface area contributed by atoms with Crippen molar-refractivity contribution in [1.29, 1.82) is 0 Å². The van der Waals surface area contributed by atoms with E-state index in [1.54, 1.807) is 11.8 Å². The number of thiazole rings is 1. The lowest BCUT2D eigenvalue weighted by Gasteiger charge is -2.40. The lowest BCUT2D eigenvalue weighted by Crippen LogP contribution is -2.49. The molecule has 0 spiro atoms. The van der Waals surface area contributed by atoms with Crippen LogP contribution in [0.15, 0.2) is 88.0 Å². The zero-order valence-electron chi connectivity index (χ0n) is 18.3. The molecule has 0 saturated carbocycles. The highest BCUT2D eigenvalue weighted by atomic mass is 32.2. The van der Waals surface area contributed by atoms with Gasteiger partial charge in [0.25, 0.3) is 0 Å². The van der Waals surface area contributed by atoms with Gasteiger partial charge in [0.05, 0.1) is 28.4 Å². The molecular formula is C25H22N4O2S3. The summed E-state index contributed by atoms with van der Waals surface area (Å²) in [5, 5.41) is 8.55. The van der Waals surface area contributed by atoms with Gasteiger partial charge in [0.1, 0.15) is 0 Å². The Morgan fingerprint density at radius 3 is 2.79 bits per heavy atom. The molecule has 0 bridgehead atoms. The largest absolute Gasteiger partial charge is 0.326 e. The maximum Gasteiger partial charge on any atom is 0.326 e. The topological polar surface area (TPSA) is 74.3 Å². The van der Waals surface area contributed by atoms with Gasteiger partial charge in [0, 0.05) is 20.9 Å². The number of aryl methyl sites for hydroxylation is 1. The van der Waals surface area contributed by atoms with Crippen molar-refractivity contribution in [3.63, 3.8) is 0 Å². The molecule has 0 fully saturated rings. The molecule has 34 heavy (non-hydrogen) atoms. The van der Waals surface area contributed by atoms with Gasteiger partial charge in [-0.2, -0.15) is 0 Å². The summed E-state index contributed by atoms with van der Waals surface area (Å²) >= 11 is 4.60. The molecule has 2 heterocycles. The van der Waals surface area contributed by atoms with Crippen LogP contribution in [-0.4, -0.2) is 34.0 Å². The number of carbonyl (C=O) groups excluding carboxylic acids is 2. The molecule has 1 aliphatic heterocycles. The number of nitrogens with zero attached hydrogens (tertiary/aromatic N) is 2. The second-order valence-electron chi connectivity index (χ2n) is 7.77. The zero-order chi connectivity index (χ0) is 23.5. The minimum atomic E-state index is -0.179. The van der Waals surface area contributed by atoms with E-state index in [1.807, 2.05) is 71.8 Å². The Morgan fingerprint density at radius 2 is 1.94 bits per heavy atom. The van der Waals surface area contributed by atoms with E-state index in [4.69, 9.17) is 0 Å². The fourth-order valence-electron chi connectivity index (χ4n) is 3.79. The average Bonchev–Trinajstić information content (AvgIpc) is 3.25. The minimum absolute atomic E-state index is 0.0550. The number of carbonyl (C=O) groups is 2. The third-order valence-electron chi connectivity index (χ3n) is 5.28. The van der Waals surface area contributed by atoms with Gasteiger partial charge in [0.2, 0.25) is 5.91 Å². The normalized spacial score (nSPS) is 18.2. The Bertz CT molecular complexity index is 1290. The molecule has 5 rings (SSSR count). The van der Waals surface area contributed by atoms with Crippen molar-refractivity contribution in [2.45, 2.75) is 28.0 Å². The van der Waals surface area contributed by atoms with E-state index in [0.717, 1.165) is 21.2 Å². The number of nitrogens with one attached hydrogen (secondary N) is 2. The first-order valence-electron chi connectivity index (χ1n) is 10.7. The number of aromatic nitrogens is 1. The fourth-order valence-corrected chi connectivity index (χ4v) is 6.51. The number of thioether (sulfide) groups is 2. The molecule has 2 aromatic carbocycles. The number of fused-ring (bicyclic) bond motifs is 2. The van der Waals surface area contributed by atoms with E-state index in [-0.39, 0.29) is 29.0 Å². The summed E-state index contributed by atoms with van der Waals surface area (Å²) in [4.78, 5) is 33.8. The second kappa shape index (κ2) is 10.1. The van der Waals surface area contributed by atoms with Crippen LogP contribution in [0.5, 0.6) is 0 Å². The molecule has 6 nitrogen and oxygen atoms in total. The molecule has 3 amide bonds. The van der Waals surface area contributed by atoms with Crippen LogP contribution >= 0.6 is 34.9 Å². The standard InChI is InChI=1S/C25H22N4O2S3/c1-16-14-33-24(26-16)28-23(30)15-32-18-8-6-7-17(13-18)27-25(31)29-19-9-2-4-11-21(19)34-22-12-5-3-10-20(22)29/h2-14,19,21H,15H2,1H3,(H,27,31)(H,26,28,30). The van der Waals surface area contributed by atoms with E-state index in [0.29, 0.717) is 10.8 Å². The molecule has 3 aromatic rings. The van der Waals surface area contributed by atoms with E-state index in [1.165, 1.54) is 23.1 Å². The van der Waals surface area contributed by atoms with Gasteiger partial charge in [-0.15, -0.1) is 34.9 Å². The summed E-state index contributed by atoms with van der Waals surface area (Å²) in [6, 6.07) is 15.3. The Labute approximate surface area is 210 Å². The molecular weight excluding hydrogens is 485 g/mol. The first-order valence-corrected chi connectivity index (χ1v) is 13.5. The summed E-state index contributed by atoms with van der Waals surface area (Å²) in [7, 11) is 0. The van der Waals surface area contributed by atoms with Crippen molar-refractivity contribution in [1.82, 2.24) is 4.98 Å². The van der Waals surface area contributed by atoms with E-state index in [2.05, 4.69) is 33.8 Å². The zero-order valence-corrected chi connectivity index (χ0v) is 20.8. The van der Waals surface area contributed by atoms with Crippen LogP contribution in [0.25, 0.3) is 0 Å². The quantitative estimate of drug-likeness (QED) is 0.404. The highest BCUT2D eigenvalue weighted by Gasteiger charge is 2.36. The van der Waals surface area contributed by atoms with Crippen molar-refractivity contribution in [2.75, 3.05) is 21.3 Å². The highest BCUT2D eigenvalue weighted by molar-refractivity contribution is 8.00. The van der Waals surface area contributed by atoms with Crippen molar-refractivity contribution in [3.8, 4) is 0 Å². The molecule has 172 valence electrons. The lowest BCUT2D eigenvalue weighted by molar-refractivity contribution is -0.113.